The summed E-state index contributed by atoms with van der Waals surface area (Å²) in [6.07, 6.45) is 14.3. The van der Waals surface area contributed by atoms with Crippen molar-refractivity contribution in [2.45, 2.75) is 110 Å². The normalized spacial score (nSPS) is 33.6. The highest BCUT2D eigenvalue weighted by Gasteiger charge is 2.43. The Kier molecular flexibility index (Phi) is 11.2. The molecule has 4 fully saturated rings. The summed E-state index contributed by atoms with van der Waals surface area (Å²) in [5, 5.41) is 0. The van der Waals surface area contributed by atoms with E-state index in [1.54, 1.807) is 0 Å². The van der Waals surface area contributed by atoms with E-state index >= 15 is 0 Å². The minimum absolute atomic E-state index is 0.432. The second kappa shape index (κ2) is 13.1. The molecule has 1 aliphatic carbocycles. The first kappa shape index (κ1) is 23.1. The lowest BCUT2D eigenvalue weighted by Gasteiger charge is -2.17. The average molecular weight is 385 g/mol. The van der Waals surface area contributed by atoms with E-state index < -0.39 is 0 Å². The van der Waals surface area contributed by atoms with E-state index in [0.29, 0.717) is 24.4 Å². The minimum atomic E-state index is 0.432. The molecule has 0 spiro atoms. The van der Waals surface area contributed by atoms with Crippen LogP contribution in [0.3, 0.4) is 0 Å². The first-order chi connectivity index (χ1) is 13.2. The van der Waals surface area contributed by atoms with Gasteiger partial charge in [0.2, 0.25) is 0 Å². The molecule has 27 heavy (non-hydrogen) atoms. The van der Waals surface area contributed by atoms with Crippen LogP contribution in [0.25, 0.3) is 0 Å². The second-order valence-electron chi connectivity index (χ2n) is 8.70. The van der Waals surface area contributed by atoms with Gasteiger partial charge in [-0.15, -0.1) is 0 Å². The third-order valence-corrected chi connectivity index (χ3v) is 5.90. The van der Waals surface area contributed by atoms with Crippen molar-refractivity contribution in [2.75, 3.05) is 26.4 Å². The summed E-state index contributed by atoms with van der Waals surface area (Å²) in [5.41, 5.74) is 0. The third kappa shape index (κ3) is 10.8. The number of unbranched alkanes of at least 4 members (excludes halogenated alkanes) is 1. The van der Waals surface area contributed by atoms with Crippen LogP contribution in [0.15, 0.2) is 0 Å². The Labute approximate surface area is 167 Å². The average Bonchev–Trinajstić information content (AvgIpc) is 3.53. The quantitative estimate of drug-likeness (QED) is 0.375. The van der Waals surface area contributed by atoms with Gasteiger partial charge in [-0.2, -0.15) is 0 Å². The molecule has 6 atom stereocenters. The molecule has 4 aliphatic rings. The van der Waals surface area contributed by atoms with Crippen LogP contribution < -0.4 is 0 Å². The van der Waals surface area contributed by atoms with E-state index in [0.717, 1.165) is 38.3 Å². The molecule has 0 radical (unpaired) electrons. The van der Waals surface area contributed by atoms with Gasteiger partial charge in [0.05, 0.1) is 38.1 Å². The highest BCUT2D eigenvalue weighted by Crippen LogP contribution is 2.40. The third-order valence-electron chi connectivity index (χ3n) is 5.90. The lowest BCUT2D eigenvalue weighted by Crippen LogP contribution is -2.12. The molecule has 6 unspecified atom stereocenters. The van der Waals surface area contributed by atoms with Crippen molar-refractivity contribution in [3.63, 3.8) is 0 Å². The van der Waals surface area contributed by atoms with Crippen molar-refractivity contribution in [1.82, 2.24) is 0 Å². The van der Waals surface area contributed by atoms with Gasteiger partial charge < -0.3 is 18.9 Å². The van der Waals surface area contributed by atoms with Crippen LogP contribution in [0.4, 0.5) is 0 Å². The van der Waals surface area contributed by atoms with Crippen molar-refractivity contribution in [2.24, 2.45) is 11.8 Å². The Hall–Kier alpha value is -0.160. The van der Waals surface area contributed by atoms with Crippen LogP contribution in [0.5, 0.6) is 0 Å². The maximum atomic E-state index is 5.45. The van der Waals surface area contributed by atoms with Crippen molar-refractivity contribution in [3.8, 4) is 0 Å². The summed E-state index contributed by atoms with van der Waals surface area (Å²) in [6.45, 7) is 12.6. The van der Waals surface area contributed by atoms with Crippen molar-refractivity contribution >= 4 is 0 Å². The van der Waals surface area contributed by atoms with Crippen LogP contribution in [0.2, 0.25) is 0 Å². The van der Waals surface area contributed by atoms with Crippen molar-refractivity contribution in [1.29, 1.82) is 0 Å². The molecule has 3 aliphatic heterocycles. The van der Waals surface area contributed by atoms with Gasteiger partial charge in [-0.25, -0.2) is 0 Å². The molecule has 0 aromatic heterocycles. The first-order valence-electron chi connectivity index (χ1n) is 11.6. The smallest absolute Gasteiger partial charge is 0.104 e. The maximum Gasteiger partial charge on any atom is 0.104 e. The Balaban J connectivity index is 0.000000146. The predicted molar refractivity (Wildman–Crippen MR) is 110 cm³/mol. The fourth-order valence-corrected chi connectivity index (χ4v) is 3.81. The van der Waals surface area contributed by atoms with Crippen LogP contribution in [-0.4, -0.2) is 50.8 Å². The molecule has 0 amide bonds. The summed E-state index contributed by atoms with van der Waals surface area (Å²) in [4.78, 5) is 0. The molecule has 0 bridgehead atoms. The number of fused-ring (bicyclic) bond motifs is 1. The zero-order valence-electron chi connectivity index (χ0n) is 18.3. The van der Waals surface area contributed by atoms with E-state index in [2.05, 4.69) is 27.7 Å². The Morgan fingerprint density at radius 2 is 1.74 bits per heavy atom. The van der Waals surface area contributed by atoms with Crippen molar-refractivity contribution < 1.29 is 18.9 Å². The number of ether oxygens (including phenoxy) is 4. The molecule has 4 rings (SSSR count). The molecular weight excluding hydrogens is 340 g/mol. The topological polar surface area (TPSA) is 46.8 Å². The molecule has 0 aromatic rings. The van der Waals surface area contributed by atoms with E-state index in [1.165, 1.54) is 57.8 Å². The lowest BCUT2D eigenvalue weighted by atomic mass is 9.86. The zero-order chi connectivity index (χ0) is 19.5. The summed E-state index contributed by atoms with van der Waals surface area (Å²) in [6, 6.07) is 0. The number of rotatable bonds is 10. The second-order valence-corrected chi connectivity index (χ2v) is 8.70. The van der Waals surface area contributed by atoms with Gasteiger partial charge in [0.25, 0.3) is 0 Å². The highest BCUT2D eigenvalue weighted by atomic mass is 16.6. The lowest BCUT2D eigenvalue weighted by molar-refractivity contribution is 0.114. The van der Waals surface area contributed by atoms with Gasteiger partial charge in [-0.1, -0.05) is 53.4 Å². The summed E-state index contributed by atoms with van der Waals surface area (Å²) in [5.74, 6) is 1.80. The number of hydrogen-bond donors (Lipinski definition) is 0. The van der Waals surface area contributed by atoms with Crippen LogP contribution in [0, 0.1) is 11.8 Å². The molecule has 0 N–H and O–H groups in total. The molecule has 1 saturated carbocycles. The highest BCUT2D eigenvalue weighted by molar-refractivity contribution is 4.91. The summed E-state index contributed by atoms with van der Waals surface area (Å²) >= 11 is 0. The molecule has 3 saturated heterocycles. The van der Waals surface area contributed by atoms with Gasteiger partial charge in [-0.05, 0) is 43.9 Å². The largest absolute Gasteiger partial charge is 0.379 e. The van der Waals surface area contributed by atoms with E-state index in [4.69, 9.17) is 18.9 Å². The fraction of sp³-hybridized carbons (Fsp3) is 1.00. The number of hydrogen-bond acceptors (Lipinski definition) is 4. The molecule has 160 valence electrons. The van der Waals surface area contributed by atoms with Gasteiger partial charge in [0.1, 0.15) is 6.10 Å². The Morgan fingerprint density at radius 1 is 0.963 bits per heavy atom. The van der Waals surface area contributed by atoms with Gasteiger partial charge in [0, 0.05) is 6.61 Å². The number of epoxide rings is 3. The molecule has 4 nitrogen and oxygen atoms in total. The Morgan fingerprint density at radius 3 is 2.30 bits per heavy atom. The summed E-state index contributed by atoms with van der Waals surface area (Å²) < 4.78 is 20.8. The molecule has 0 aromatic carbocycles. The SMILES string of the molecule is CCCC(C)C1CO1.CCCC1CCC2OC2C1.CCCCOCC1CO1. The first-order valence-corrected chi connectivity index (χ1v) is 11.6. The predicted octanol–water partition coefficient (Wildman–Crippen LogP) is 5.38. The maximum absolute atomic E-state index is 5.45. The zero-order valence-corrected chi connectivity index (χ0v) is 18.3. The monoisotopic (exact) mass is 384 g/mol. The van der Waals surface area contributed by atoms with Crippen LogP contribution in [0.1, 0.15) is 85.5 Å². The van der Waals surface area contributed by atoms with E-state index in [1.807, 2.05) is 0 Å². The van der Waals surface area contributed by atoms with E-state index in [9.17, 15) is 0 Å². The fourth-order valence-electron chi connectivity index (χ4n) is 3.81. The van der Waals surface area contributed by atoms with Gasteiger partial charge >= 0.3 is 0 Å². The Bertz CT molecular complexity index is 367. The van der Waals surface area contributed by atoms with Crippen LogP contribution in [-0.2, 0) is 18.9 Å². The molecule has 4 heteroatoms. The van der Waals surface area contributed by atoms with E-state index in [-0.39, 0.29) is 0 Å². The summed E-state index contributed by atoms with van der Waals surface area (Å²) in [7, 11) is 0. The van der Waals surface area contributed by atoms with Gasteiger partial charge in [-0.3, -0.25) is 0 Å². The molecular formula is C23H44O4. The van der Waals surface area contributed by atoms with Crippen molar-refractivity contribution in [3.05, 3.63) is 0 Å². The van der Waals surface area contributed by atoms with Crippen LogP contribution >= 0.6 is 0 Å². The standard InChI is InChI=1S/C9H16O.C7H14O2.C7H14O/c1-2-3-7-4-5-8-9(6-7)10-8;1-2-3-4-8-5-7-6-9-7;1-3-4-6(2)7-5-8-7/h7-9H,2-6H2,1H3;7H,2-6H2,1H3;6-7H,3-5H2,1-2H3. The molecule has 3 heterocycles. The van der Waals surface area contributed by atoms with Gasteiger partial charge in [0.15, 0.2) is 0 Å². The minimum Gasteiger partial charge on any atom is -0.379 e.